The Morgan fingerprint density at radius 3 is 2.35 bits per heavy atom. The highest BCUT2D eigenvalue weighted by Crippen LogP contribution is 2.30. The van der Waals surface area contributed by atoms with Crippen LogP contribution in [-0.2, 0) is 0 Å². The van der Waals surface area contributed by atoms with Gasteiger partial charge in [0.1, 0.15) is 5.82 Å². The molecule has 0 aromatic heterocycles. The lowest BCUT2D eigenvalue weighted by Crippen LogP contribution is -2.37. The van der Waals surface area contributed by atoms with Gasteiger partial charge in [-0.25, -0.2) is 4.39 Å². The summed E-state index contributed by atoms with van der Waals surface area (Å²) < 4.78 is 13.5. The Balaban J connectivity index is 0.00000256. The van der Waals surface area contributed by atoms with Crippen molar-refractivity contribution in [3.8, 4) is 0 Å². The van der Waals surface area contributed by atoms with E-state index in [0.717, 1.165) is 0 Å². The number of benzene rings is 1. The lowest BCUT2D eigenvalue weighted by molar-refractivity contribution is 0.0391. The molecule has 1 rings (SSSR count). The molecule has 0 bridgehead atoms. The number of halogens is 3. The van der Waals surface area contributed by atoms with E-state index >= 15 is 0 Å². The van der Waals surface area contributed by atoms with Gasteiger partial charge >= 0.3 is 0 Å². The Bertz CT molecular complexity index is 379. The summed E-state index contributed by atoms with van der Waals surface area (Å²) in [7, 11) is 0. The zero-order valence-electron chi connectivity index (χ0n) is 10.1. The number of rotatable bonds is 2. The van der Waals surface area contributed by atoms with Crippen LogP contribution < -0.4 is 5.73 Å². The van der Waals surface area contributed by atoms with Crippen LogP contribution in [0, 0.1) is 11.2 Å². The van der Waals surface area contributed by atoms with Crippen molar-refractivity contribution in [3.05, 3.63) is 34.6 Å². The first kappa shape index (κ1) is 16.6. The van der Waals surface area contributed by atoms with Gasteiger partial charge in [-0.15, -0.1) is 12.4 Å². The predicted molar refractivity (Wildman–Crippen MR) is 71.0 cm³/mol. The van der Waals surface area contributed by atoms with Crippen molar-refractivity contribution in [1.82, 2.24) is 0 Å². The Labute approximate surface area is 112 Å². The van der Waals surface area contributed by atoms with Gasteiger partial charge in [-0.05, 0) is 23.6 Å². The first-order chi connectivity index (χ1) is 7.23. The van der Waals surface area contributed by atoms with E-state index in [1.165, 1.54) is 18.2 Å². The Morgan fingerprint density at radius 2 is 1.88 bits per heavy atom. The standard InChI is InChI=1S/C12H17ClFNO.ClH/c1-12(2,3)11(16)10(15)8-6-7(13)4-5-9(8)14;/h4-6,10-11,16H,15H2,1-3H3;1H/t10-,11-;/m1./s1. The van der Waals surface area contributed by atoms with Crippen molar-refractivity contribution in [2.24, 2.45) is 11.1 Å². The second-order valence-corrected chi connectivity index (χ2v) is 5.44. The smallest absolute Gasteiger partial charge is 0.128 e. The molecule has 0 saturated carbocycles. The minimum absolute atomic E-state index is 0. The van der Waals surface area contributed by atoms with Crippen LogP contribution in [0.15, 0.2) is 18.2 Å². The summed E-state index contributed by atoms with van der Waals surface area (Å²) >= 11 is 5.78. The zero-order chi connectivity index (χ0) is 12.5. The normalized spacial score (nSPS) is 15.0. The maximum atomic E-state index is 13.5. The van der Waals surface area contributed by atoms with E-state index < -0.39 is 23.4 Å². The highest BCUT2D eigenvalue weighted by atomic mass is 35.5. The van der Waals surface area contributed by atoms with Crippen LogP contribution in [0.3, 0.4) is 0 Å². The topological polar surface area (TPSA) is 46.2 Å². The van der Waals surface area contributed by atoms with E-state index in [0.29, 0.717) is 5.02 Å². The second-order valence-electron chi connectivity index (χ2n) is 5.00. The Morgan fingerprint density at radius 1 is 1.35 bits per heavy atom. The third-order valence-corrected chi connectivity index (χ3v) is 2.78. The summed E-state index contributed by atoms with van der Waals surface area (Å²) in [5.41, 5.74) is 5.68. The monoisotopic (exact) mass is 281 g/mol. The maximum Gasteiger partial charge on any atom is 0.128 e. The molecule has 1 aromatic rings. The van der Waals surface area contributed by atoms with Gasteiger partial charge < -0.3 is 10.8 Å². The third-order valence-electron chi connectivity index (χ3n) is 2.54. The molecule has 3 N–H and O–H groups in total. The molecular weight excluding hydrogens is 264 g/mol. The fourth-order valence-electron chi connectivity index (χ4n) is 1.48. The number of aliphatic hydroxyl groups excluding tert-OH is 1. The van der Waals surface area contributed by atoms with Gasteiger partial charge in [-0.2, -0.15) is 0 Å². The summed E-state index contributed by atoms with van der Waals surface area (Å²) in [6.07, 6.45) is -0.833. The van der Waals surface area contributed by atoms with Crippen LogP contribution in [0.2, 0.25) is 5.02 Å². The van der Waals surface area contributed by atoms with Crippen LogP contribution in [0.1, 0.15) is 32.4 Å². The molecule has 0 fully saturated rings. The highest BCUT2D eigenvalue weighted by molar-refractivity contribution is 6.30. The number of aliphatic hydroxyl groups is 1. The van der Waals surface area contributed by atoms with Gasteiger partial charge in [0, 0.05) is 10.6 Å². The molecule has 98 valence electrons. The summed E-state index contributed by atoms with van der Waals surface area (Å²) in [4.78, 5) is 0. The minimum atomic E-state index is -0.833. The molecule has 2 atom stereocenters. The van der Waals surface area contributed by atoms with Crippen molar-refractivity contribution in [1.29, 1.82) is 0 Å². The van der Waals surface area contributed by atoms with Crippen molar-refractivity contribution in [3.63, 3.8) is 0 Å². The van der Waals surface area contributed by atoms with Gasteiger partial charge in [0.15, 0.2) is 0 Å². The summed E-state index contributed by atoms with van der Waals surface area (Å²) in [5.74, 6) is -0.444. The summed E-state index contributed by atoms with van der Waals surface area (Å²) in [5, 5.41) is 10.4. The molecule has 0 amide bonds. The number of hydrogen-bond donors (Lipinski definition) is 2. The van der Waals surface area contributed by atoms with Gasteiger partial charge in [0.05, 0.1) is 12.1 Å². The van der Waals surface area contributed by atoms with Crippen LogP contribution in [-0.4, -0.2) is 11.2 Å². The molecule has 0 saturated heterocycles. The molecule has 2 nitrogen and oxygen atoms in total. The molecule has 0 radical (unpaired) electrons. The van der Waals surface area contributed by atoms with Crippen molar-refractivity contribution in [2.75, 3.05) is 0 Å². The molecule has 1 aromatic carbocycles. The minimum Gasteiger partial charge on any atom is -0.391 e. The summed E-state index contributed by atoms with van der Waals surface area (Å²) in [6, 6.07) is 3.39. The van der Waals surface area contributed by atoms with Gasteiger partial charge in [0.2, 0.25) is 0 Å². The second kappa shape index (κ2) is 6.01. The lowest BCUT2D eigenvalue weighted by atomic mass is 9.82. The fraction of sp³-hybridized carbons (Fsp3) is 0.500. The predicted octanol–water partition coefficient (Wildman–Crippen LogP) is 3.31. The van der Waals surface area contributed by atoms with E-state index in [9.17, 15) is 9.50 Å². The lowest BCUT2D eigenvalue weighted by Gasteiger charge is -2.31. The molecule has 0 aliphatic carbocycles. The maximum absolute atomic E-state index is 13.5. The molecule has 0 aliphatic rings. The average molecular weight is 282 g/mol. The molecule has 5 heteroatoms. The largest absolute Gasteiger partial charge is 0.391 e. The Kier molecular flexibility index (Phi) is 5.88. The Hall–Kier alpha value is -0.350. The highest BCUT2D eigenvalue weighted by Gasteiger charge is 2.30. The van der Waals surface area contributed by atoms with Gasteiger partial charge in [0.25, 0.3) is 0 Å². The quantitative estimate of drug-likeness (QED) is 0.874. The molecule has 0 spiro atoms. The molecular formula is C12H18Cl2FNO. The first-order valence-electron chi connectivity index (χ1n) is 5.12. The van der Waals surface area contributed by atoms with E-state index in [4.69, 9.17) is 17.3 Å². The van der Waals surface area contributed by atoms with E-state index in [1.807, 2.05) is 20.8 Å². The van der Waals surface area contributed by atoms with E-state index in [2.05, 4.69) is 0 Å². The molecule has 0 heterocycles. The summed E-state index contributed by atoms with van der Waals surface area (Å²) in [6.45, 7) is 5.54. The van der Waals surface area contributed by atoms with Crippen molar-refractivity contribution < 1.29 is 9.50 Å². The number of nitrogens with two attached hydrogens (primary N) is 1. The molecule has 17 heavy (non-hydrogen) atoms. The number of hydrogen-bond acceptors (Lipinski definition) is 2. The molecule has 0 aliphatic heterocycles. The van der Waals surface area contributed by atoms with Crippen molar-refractivity contribution >= 4 is 24.0 Å². The van der Waals surface area contributed by atoms with Crippen LogP contribution in [0.25, 0.3) is 0 Å². The third kappa shape index (κ3) is 4.11. The zero-order valence-corrected chi connectivity index (χ0v) is 11.6. The van der Waals surface area contributed by atoms with Crippen LogP contribution in [0.5, 0.6) is 0 Å². The van der Waals surface area contributed by atoms with Crippen LogP contribution in [0.4, 0.5) is 4.39 Å². The SMILES string of the molecule is CC(C)(C)[C@H](O)[C@H](N)c1cc(Cl)ccc1F.Cl. The van der Waals surface area contributed by atoms with Gasteiger partial charge in [-0.3, -0.25) is 0 Å². The van der Waals surface area contributed by atoms with Gasteiger partial charge in [-0.1, -0.05) is 32.4 Å². The first-order valence-corrected chi connectivity index (χ1v) is 5.50. The van der Waals surface area contributed by atoms with Crippen molar-refractivity contribution in [2.45, 2.75) is 32.9 Å². The molecule has 0 unspecified atom stereocenters. The average Bonchev–Trinajstić information content (AvgIpc) is 2.18. The van der Waals surface area contributed by atoms with E-state index in [-0.39, 0.29) is 18.0 Å². The van der Waals surface area contributed by atoms with Crippen LogP contribution >= 0.6 is 24.0 Å². The van der Waals surface area contributed by atoms with E-state index in [1.54, 1.807) is 0 Å². The fourth-order valence-corrected chi connectivity index (χ4v) is 1.66.